The first kappa shape index (κ1) is 12.0. The Morgan fingerprint density at radius 2 is 1.94 bits per heavy atom. The molecule has 0 amide bonds. The van der Waals surface area contributed by atoms with Crippen molar-refractivity contribution in [1.29, 1.82) is 0 Å². The van der Waals surface area contributed by atoms with Crippen molar-refractivity contribution in [3.05, 3.63) is 41.8 Å². The Kier molecular flexibility index (Phi) is 3.13. The third kappa shape index (κ3) is 2.16. The first-order valence-corrected chi connectivity index (χ1v) is 5.73. The Bertz CT molecular complexity index is 708. The molecule has 0 fully saturated rings. The maximum atomic E-state index is 5.75. The van der Waals surface area contributed by atoms with Gasteiger partial charge in [-0.15, -0.1) is 11.3 Å². The van der Waals surface area contributed by atoms with Gasteiger partial charge >= 0.3 is 0 Å². The molecule has 0 saturated heterocycles. The number of fused-ring (bicyclic) bond motifs is 2. The van der Waals surface area contributed by atoms with Crippen LogP contribution in [0.4, 0.5) is 5.69 Å². The first-order chi connectivity index (χ1) is 7.72. The number of aromatic nitrogens is 1. The van der Waals surface area contributed by atoms with Crippen LogP contribution in [0.15, 0.2) is 36.4 Å². The Morgan fingerprint density at radius 3 is 2.76 bits per heavy atom. The molecule has 0 radical (unpaired) electrons. The van der Waals surface area contributed by atoms with E-state index in [4.69, 9.17) is 11.1 Å². The number of hydrogen-bond acceptors (Lipinski definition) is 3. The highest BCUT2D eigenvalue weighted by Gasteiger charge is 2.07. The Balaban J connectivity index is 0.00000108. The average Bonchev–Trinajstić information content (AvgIpc) is 2.26. The molecule has 0 saturated carbocycles. The van der Waals surface area contributed by atoms with Gasteiger partial charge in [0.1, 0.15) is 0 Å². The predicted octanol–water partition coefficient (Wildman–Crippen LogP) is -2.35. The SMILES string of the molecule is Nc1ccc2nc3ccc(=[NH2+])cc-3sc2c1.[Br-]. The van der Waals surface area contributed by atoms with Gasteiger partial charge in [-0.3, -0.25) is 5.41 Å². The summed E-state index contributed by atoms with van der Waals surface area (Å²) in [7, 11) is 0. The lowest BCUT2D eigenvalue weighted by Crippen LogP contribution is -3.00. The quantitative estimate of drug-likeness (QED) is 0.361. The lowest BCUT2D eigenvalue weighted by molar-refractivity contribution is -0.172. The van der Waals surface area contributed by atoms with E-state index in [0.29, 0.717) is 0 Å². The molecule has 86 valence electrons. The van der Waals surface area contributed by atoms with Crippen LogP contribution < -0.4 is 33.5 Å². The summed E-state index contributed by atoms with van der Waals surface area (Å²) in [5, 5.41) is 6.51. The number of rotatable bonds is 0. The van der Waals surface area contributed by atoms with Crippen LogP contribution in [0.5, 0.6) is 0 Å². The van der Waals surface area contributed by atoms with Crippen LogP contribution in [0.1, 0.15) is 0 Å². The molecule has 0 unspecified atom stereocenters. The van der Waals surface area contributed by atoms with Crippen molar-refractivity contribution in [1.82, 2.24) is 4.98 Å². The Hall–Kier alpha value is -1.46. The molecule has 1 heterocycles. The van der Waals surface area contributed by atoms with Crippen LogP contribution in [0, 0.1) is 0 Å². The first-order valence-electron chi connectivity index (χ1n) is 4.91. The molecule has 1 aliphatic carbocycles. The van der Waals surface area contributed by atoms with Crippen LogP contribution in [0.25, 0.3) is 20.8 Å². The maximum Gasteiger partial charge on any atom is 0.198 e. The molecule has 0 aromatic heterocycles. The summed E-state index contributed by atoms with van der Waals surface area (Å²) in [6, 6.07) is 11.5. The van der Waals surface area contributed by atoms with Crippen molar-refractivity contribution in [2.24, 2.45) is 0 Å². The number of nitrogen functional groups attached to an aromatic ring is 1. The minimum absolute atomic E-state index is 0. The summed E-state index contributed by atoms with van der Waals surface area (Å²) in [4.78, 5) is 5.64. The van der Waals surface area contributed by atoms with Gasteiger partial charge in [0.15, 0.2) is 5.36 Å². The van der Waals surface area contributed by atoms with Gasteiger partial charge in [0, 0.05) is 17.8 Å². The number of halogens is 1. The fourth-order valence-corrected chi connectivity index (χ4v) is 2.72. The molecule has 0 spiro atoms. The fourth-order valence-electron chi connectivity index (χ4n) is 1.66. The van der Waals surface area contributed by atoms with Gasteiger partial charge in [-0.25, -0.2) is 4.98 Å². The van der Waals surface area contributed by atoms with E-state index in [1.54, 1.807) is 11.3 Å². The molecule has 1 aromatic carbocycles. The molecule has 3 rings (SSSR count). The molecular formula is C12H10BrN3S. The molecule has 0 bridgehead atoms. The topological polar surface area (TPSA) is 64.5 Å². The highest BCUT2D eigenvalue weighted by Crippen LogP contribution is 2.30. The number of benzene rings is 2. The lowest BCUT2D eigenvalue weighted by atomic mass is 10.2. The average molecular weight is 308 g/mol. The molecule has 3 nitrogen and oxygen atoms in total. The summed E-state index contributed by atoms with van der Waals surface area (Å²) in [5.41, 5.74) is 8.45. The monoisotopic (exact) mass is 307 g/mol. The van der Waals surface area contributed by atoms with E-state index in [0.717, 1.165) is 31.8 Å². The van der Waals surface area contributed by atoms with E-state index in [2.05, 4.69) is 4.98 Å². The van der Waals surface area contributed by atoms with Gasteiger partial charge in [0.25, 0.3) is 0 Å². The molecule has 1 aliphatic heterocycles. The normalized spacial score (nSPS) is 10.4. The van der Waals surface area contributed by atoms with E-state index in [-0.39, 0.29) is 17.0 Å². The second-order valence-corrected chi connectivity index (χ2v) is 4.75. The maximum absolute atomic E-state index is 5.75. The third-order valence-electron chi connectivity index (χ3n) is 2.43. The van der Waals surface area contributed by atoms with Crippen molar-refractivity contribution in [3.8, 4) is 10.6 Å². The summed E-state index contributed by atoms with van der Waals surface area (Å²) >= 11 is 1.66. The van der Waals surface area contributed by atoms with Gasteiger partial charge in [-0.05, 0) is 24.3 Å². The second-order valence-electron chi connectivity index (χ2n) is 3.67. The van der Waals surface area contributed by atoms with Crippen molar-refractivity contribution in [2.75, 3.05) is 5.73 Å². The van der Waals surface area contributed by atoms with Crippen molar-refractivity contribution < 1.29 is 22.4 Å². The summed E-state index contributed by atoms with van der Waals surface area (Å²) in [6.45, 7) is 0. The van der Waals surface area contributed by atoms with Crippen molar-refractivity contribution in [3.63, 3.8) is 0 Å². The zero-order chi connectivity index (χ0) is 11.1. The summed E-state index contributed by atoms with van der Waals surface area (Å²) in [5.74, 6) is 0. The number of hydrogen-bond donors (Lipinski definition) is 2. The standard InChI is InChI=1S/C12H9N3S.BrH/c13-7-1-3-9-11(5-7)16-12-6-8(14)2-4-10(12)15-9;/h1-6,13H,14H2;1H. The fraction of sp³-hybridized carbons (Fsp3) is 0. The van der Waals surface area contributed by atoms with Crippen molar-refractivity contribution >= 4 is 27.2 Å². The van der Waals surface area contributed by atoms with Crippen LogP contribution in [0.2, 0.25) is 0 Å². The van der Waals surface area contributed by atoms with Gasteiger partial charge in [0.05, 0.1) is 20.8 Å². The number of nitrogens with zero attached hydrogens (tertiary/aromatic N) is 1. The van der Waals surface area contributed by atoms with E-state index in [9.17, 15) is 0 Å². The predicted molar refractivity (Wildman–Crippen MR) is 65.7 cm³/mol. The lowest BCUT2D eigenvalue weighted by Gasteiger charge is -2.05. The second kappa shape index (κ2) is 4.43. The molecule has 4 N–H and O–H groups in total. The van der Waals surface area contributed by atoms with Gasteiger partial charge in [-0.1, -0.05) is 0 Å². The Labute approximate surface area is 113 Å². The van der Waals surface area contributed by atoms with Gasteiger partial charge in [-0.2, -0.15) is 0 Å². The molecule has 17 heavy (non-hydrogen) atoms. The molecule has 2 aliphatic rings. The number of nitrogens with two attached hydrogens (primary N) is 2. The molecular weight excluding hydrogens is 298 g/mol. The van der Waals surface area contributed by atoms with Crippen LogP contribution >= 0.6 is 11.3 Å². The Morgan fingerprint density at radius 1 is 1.12 bits per heavy atom. The van der Waals surface area contributed by atoms with E-state index >= 15 is 0 Å². The van der Waals surface area contributed by atoms with Crippen LogP contribution in [0.3, 0.4) is 0 Å². The third-order valence-corrected chi connectivity index (χ3v) is 3.52. The zero-order valence-corrected chi connectivity index (χ0v) is 11.3. The van der Waals surface area contributed by atoms with Gasteiger partial charge < -0.3 is 22.7 Å². The van der Waals surface area contributed by atoms with Crippen molar-refractivity contribution in [2.45, 2.75) is 0 Å². The minimum Gasteiger partial charge on any atom is -1.00 e. The molecule has 0 atom stereocenters. The molecule has 1 aromatic rings. The smallest absolute Gasteiger partial charge is 0.198 e. The van der Waals surface area contributed by atoms with Crippen LogP contribution in [-0.4, -0.2) is 4.98 Å². The number of anilines is 1. The summed E-state index contributed by atoms with van der Waals surface area (Å²) in [6.07, 6.45) is 0. The largest absolute Gasteiger partial charge is 1.00 e. The minimum atomic E-state index is 0. The van der Waals surface area contributed by atoms with E-state index < -0.39 is 0 Å². The highest BCUT2D eigenvalue weighted by molar-refractivity contribution is 7.21. The van der Waals surface area contributed by atoms with Crippen LogP contribution in [-0.2, 0) is 0 Å². The molecule has 5 heteroatoms. The zero-order valence-electron chi connectivity index (χ0n) is 8.85. The highest BCUT2D eigenvalue weighted by atomic mass is 79.9. The van der Waals surface area contributed by atoms with E-state index in [1.165, 1.54) is 0 Å². The summed E-state index contributed by atoms with van der Waals surface area (Å²) < 4.78 is 1.08. The van der Waals surface area contributed by atoms with Gasteiger partial charge in [0.2, 0.25) is 0 Å². The van der Waals surface area contributed by atoms with E-state index in [1.807, 2.05) is 36.4 Å².